The Morgan fingerprint density at radius 3 is 2.79 bits per heavy atom. The Labute approximate surface area is 227 Å². The smallest absolute Gasteiger partial charge is 0.305 e. The molecule has 4 heterocycles. The number of benzene rings is 2. The molecule has 2 atom stereocenters. The largest absolute Gasteiger partial charge is 0.451 e. The molecule has 3 aromatic rings. The summed E-state index contributed by atoms with van der Waals surface area (Å²) in [6.45, 7) is 1.76. The van der Waals surface area contributed by atoms with Gasteiger partial charge in [0.1, 0.15) is 6.17 Å². The summed E-state index contributed by atoms with van der Waals surface area (Å²) in [5, 5.41) is 2.73. The fraction of sp³-hybridized carbons (Fsp3) is 0.296. The highest BCUT2D eigenvalue weighted by atomic mass is 35.5. The van der Waals surface area contributed by atoms with Crippen molar-refractivity contribution >= 4 is 35.2 Å². The van der Waals surface area contributed by atoms with Crippen molar-refractivity contribution in [2.24, 2.45) is 0 Å². The molecule has 0 unspecified atom stereocenters. The van der Waals surface area contributed by atoms with Gasteiger partial charge in [-0.05, 0) is 28.8 Å². The van der Waals surface area contributed by atoms with Gasteiger partial charge in [0.15, 0.2) is 5.69 Å². The van der Waals surface area contributed by atoms with Crippen LogP contribution in [-0.2, 0) is 20.0 Å². The molecule has 0 bridgehead atoms. The van der Waals surface area contributed by atoms with E-state index in [4.69, 9.17) is 25.8 Å². The molecule has 0 radical (unpaired) electrons. The summed E-state index contributed by atoms with van der Waals surface area (Å²) in [5.74, 6) is -0.394. The second-order valence-corrected chi connectivity index (χ2v) is 10.5. The minimum absolute atomic E-state index is 0.0701. The maximum Gasteiger partial charge on any atom is 0.305 e. The first-order valence-corrected chi connectivity index (χ1v) is 13.5. The molecule has 11 heteroatoms. The lowest BCUT2D eigenvalue weighted by Gasteiger charge is -2.51. The first-order chi connectivity index (χ1) is 18.5. The molecular weight excluding hydrogens is 530 g/mol. The highest BCUT2D eigenvalue weighted by Gasteiger charge is 2.46. The van der Waals surface area contributed by atoms with Crippen molar-refractivity contribution in [1.29, 1.82) is 0 Å². The van der Waals surface area contributed by atoms with Crippen LogP contribution in [0.2, 0.25) is 5.02 Å². The van der Waals surface area contributed by atoms with E-state index in [1.54, 1.807) is 27.5 Å². The van der Waals surface area contributed by atoms with Gasteiger partial charge in [-0.2, -0.15) is 0 Å². The third kappa shape index (κ3) is 4.13. The van der Waals surface area contributed by atoms with Gasteiger partial charge in [0.25, 0.3) is 5.91 Å². The maximum absolute atomic E-state index is 13.8. The van der Waals surface area contributed by atoms with Crippen molar-refractivity contribution in [3.8, 4) is 5.75 Å². The second kappa shape index (κ2) is 10.0. The van der Waals surface area contributed by atoms with Crippen molar-refractivity contribution in [1.82, 2.24) is 9.58 Å². The maximum atomic E-state index is 13.8. The van der Waals surface area contributed by atoms with Gasteiger partial charge in [-0.25, -0.2) is 0 Å². The molecule has 196 valence electrons. The van der Waals surface area contributed by atoms with E-state index in [9.17, 15) is 14.4 Å². The van der Waals surface area contributed by atoms with E-state index in [2.05, 4.69) is 23.2 Å². The Kier molecular flexibility index (Phi) is 6.55. The molecule has 9 nitrogen and oxygen atoms in total. The van der Waals surface area contributed by atoms with Gasteiger partial charge in [0.2, 0.25) is 18.0 Å². The number of ether oxygens (including phenoxy) is 3. The van der Waals surface area contributed by atoms with Crippen molar-refractivity contribution in [2.45, 2.75) is 29.8 Å². The number of halogens is 1. The Hall–Kier alpha value is -3.47. The first kappa shape index (κ1) is 24.8. The number of pyridine rings is 1. The van der Waals surface area contributed by atoms with Gasteiger partial charge in [-0.3, -0.25) is 24.1 Å². The van der Waals surface area contributed by atoms with Crippen LogP contribution in [0.25, 0.3) is 0 Å². The topological polar surface area (TPSA) is 90.3 Å². The summed E-state index contributed by atoms with van der Waals surface area (Å²) in [6, 6.07) is 15.0. The van der Waals surface area contributed by atoms with E-state index in [1.807, 2.05) is 24.3 Å². The van der Waals surface area contributed by atoms with E-state index in [0.717, 1.165) is 21.6 Å². The summed E-state index contributed by atoms with van der Waals surface area (Å²) < 4.78 is 18.1. The standard InChI is InChI=1S/C27H24ClN3O6S/c1-16(32)36-15-37-26-21(33)9-10-30-25(26)27(34)29-11-12-35-13-23(29)31(30)24-17-6-4-7-20(28)19(17)14-38-22-8-3-2-5-18(22)24/h2-10,23-24H,11-15H2,1H3/t23-,24+/m1/s1. The summed E-state index contributed by atoms with van der Waals surface area (Å²) >= 11 is 8.43. The molecule has 0 saturated carbocycles. The third-order valence-electron chi connectivity index (χ3n) is 6.92. The van der Waals surface area contributed by atoms with Crippen LogP contribution in [-0.4, -0.2) is 54.2 Å². The Morgan fingerprint density at radius 2 is 1.95 bits per heavy atom. The number of nitrogens with zero attached hydrogens (tertiary/aromatic N) is 3. The highest BCUT2D eigenvalue weighted by Crippen LogP contribution is 2.45. The van der Waals surface area contributed by atoms with E-state index >= 15 is 0 Å². The number of fused-ring (bicyclic) bond motifs is 4. The van der Waals surface area contributed by atoms with Crippen LogP contribution in [0.3, 0.4) is 0 Å². The average molecular weight is 554 g/mol. The van der Waals surface area contributed by atoms with Gasteiger partial charge in [0, 0.05) is 41.4 Å². The molecule has 0 spiro atoms. The van der Waals surface area contributed by atoms with Crippen molar-refractivity contribution < 1.29 is 23.8 Å². The number of esters is 1. The van der Waals surface area contributed by atoms with Crippen LogP contribution < -0.4 is 15.2 Å². The number of hydrogen-bond donors (Lipinski definition) is 0. The van der Waals surface area contributed by atoms with E-state index in [1.165, 1.54) is 13.0 Å². The van der Waals surface area contributed by atoms with Gasteiger partial charge in [0.05, 0.1) is 19.3 Å². The lowest BCUT2D eigenvalue weighted by molar-refractivity contribution is -0.147. The van der Waals surface area contributed by atoms with Crippen LogP contribution in [0.15, 0.2) is 64.4 Å². The van der Waals surface area contributed by atoms with Crippen molar-refractivity contribution in [3.63, 3.8) is 0 Å². The fourth-order valence-electron chi connectivity index (χ4n) is 5.25. The van der Waals surface area contributed by atoms with Crippen molar-refractivity contribution in [2.75, 3.05) is 31.6 Å². The zero-order valence-corrected chi connectivity index (χ0v) is 22.0. The van der Waals surface area contributed by atoms with E-state index in [0.29, 0.717) is 23.9 Å². The lowest BCUT2D eigenvalue weighted by atomic mass is 9.93. The van der Waals surface area contributed by atoms with Crippen LogP contribution in [0.4, 0.5) is 0 Å². The molecule has 3 aliphatic heterocycles. The Morgan fingerprint density at radius 1 is 1.13 bits per heavy atom. The molecule has 0 N–H and O–H groups in total. The molecular formula is C27H24ClN3O6S. The number of carbonyl (C=O) groups is 2. The molecule has 1 amide bonds. The summed E-state index contributed by atoms with van der Waals surface area (Å²) in [4.78, 5) is 40.9. The zero-order valence-electron chi connectivity index (χ0n) is 20.5. The molecule has 1 fully saturated rings. The number of morpholine rings is 1. The predicted molar refractivity (Wildman–Crippen MR) is 141 cm³/mol. The summed E-state index contributed by atoms with van der Waals surface area (Å²) in [5.41, 5.74) is 2.64. The van der Waals surface area contributed by atoms with E-state index in [-0.39, 0.29) is 30.0 Å². The number of hydrogen-bond acceptors (Lipinski definition) is 8. The summed E-state index contributed by atoms with van der Waals surface area (Å²) in [7, 11) is 0. The molecule has 38 heavy (non-hydrogen) atoms. The van der Waals surface area contributed by atoms with Crippen LogP contribution in [0.5, 0.6) is 5.75 Å². The van der Waals surface area contributed by atoms with Gasteiger partial charge in [-0.15, -0.1) is 11.8 Å². The van der Waals surface area contributed by atoms with E-state index < -0.39 is 24.4 Å². The number of thioether (sulfide) groups is 1. The average Bonchev–Trinajstić information content (AvgIpc) is 3.08. The molecule has 6 rings (SSSR count). The fourth-order valence-corrected chi connectivity index (χ4v) is 6.73. The molecule has 1 saturated heterocycles. The molecule has 3 aliphatic rings. The lowest BCUT2D eigenvalue weighted by Crippen LogP contribution is -2.66. The van der Waals surface area contributed by atoms with Crippen LogP contribution in [0.1, 0.15) is 40.1 Å². The minimum Gasteiger partial charge on any atom is -0.451 e. The predicted octanol–water partition coefficient (Wildman–Crippen LogP) is 3.55. The Balaban J connectivity index is 1.60. The minimum atomic E-state index is -0.558. The molecule has 2 aromatic carbocycles. The van der Waals surface area contributed by atoms with Gasteiger partial charge < -0.3 is 19.1 Å². The van der Waals surface area contributed by atoms with Gasteiger partial charge in [-0.1, -0.05) is 41.9 Å². The van der Waals surface area contributed by atoms with Crippen LogP contribution >= 0.6 is 23.4 Å². The highest BCUT2D eigenvalue weighted by molar-refractivity contribution is 7.98. The summed E-state index contributed by atoms with van der Waals surface area (Å²) in [6.07, 6.45) is 1.13. The second-order valence-electron chi connectivity index (χ2n) is 9.07. The van der Waals surface area contributed by atoms with Crippen molar-refractivity contribution in [3.05, 3.63) is 92.4 Å². The van der Waals surface area contributed by atoms with Crippen LogP contribution in [0, 0.1) is 0 Å². The monoisotopic (exact) mass is 553 g/mol. The SMILES string of the molecule is CC(=O)OCOc1c2n(ccc1=O)N([C@@H]1c3ccccc3SCc3c(Cl)cccc31)[C@@H]1COCCN1C2=O. The number of carbonyl (C=O) groups excluding carboxylic acids is 2. The zero-order chi connectivity index (χ0) is 26.4. The van der Waals surface area contributed by atoms with Gasteiger partial charge >= 0.3 is 5.97 Å². The molecule has 0 aliphatic carbocycles. The quantitative estimate of drug-likeness (QED) is 0.358. The first-order valence-electron chi connectivity index (χ1n) is 12.1. The third-order valence-corrected chi connectivity index (χ3v) is 8.39. The molecule has 1 aromatic heterocycles. The number of aromatic nitrogens is 1. The Bertz CT molecular complexity index is 1490. The normalized spacial score (nSPS) is 20.0. The number of amides is 1. The number of rotatable bonds is 4.